The number of anilines is 1. The quantitative estimate of drug-likeness (QED) is 0.106. The summed E-state index contributed by atoms with van der Waals surface area (Å²) in [6, 6.07) is 20.8. The number of benzene rings is 4. The van der Waals surface area contributed by atoms with Crippen LogP contribution in [-0.4, -0.2) is 29.5 Å². The SMILES string of the molecule is Cc1cc([N+](=O)[O-])ccc1N1C(=O)[C@@H]2[C@@H]3C(=O)Oc4c(ccc5ccccc45)C3=C[C@H](c3ccc4c(c3)OCO4)[C@@H]2C1=O. The fraction of sp³-hybridized carbons (Fsp3) is 0.182. The Hall–Kier alpha value is -5.51. The molecule has 1 saturated heterocycles. The molecule has 1 fully saturated rings. The van der Waals surface area contributed by atoms with Crippen molar-refractivity contribution >= 4 is 45.5 Å². The number of ether oxygens (including phenoxy) is 3. The molecule has 4 aliphatic rings. The highest BCUT2D eigenvalue weighted by Gasteiger charge is 2.60. The summed E-state index contributed by atoms with van der Waals surface area (Å²) in [7, 11) is 0. The van der Waals surface area contributed by atoms with E-state index in [1.807, 2.05) is 48.5 Å². The Morgan fingerprint density at radius 2 is 1.67 bits per heavy atom. The molecule has 3 heterocycles. The first-order chi connectivity index (χ1) is 20.8. The summed E-state index contributed by atoms with van der Waals surface area (Å²) in [6.07, 6.45) is 1.91. The largest absolute Gasteiger partial charge is 0.454 e. The number of amides is 2. The minimum Gasteiger partial charge on any atom is -0.454 e. The van der Waals surface area contributed by atoms with Gasteiger partial charge in [0.2, 0.25) is 18.6 Å². The van der Waals surface area contributed by atoms with Crippen molar-refractivity contribution in [2.24, 2.45) is 17.8 Å². The molecule has 0 spiro atoms. The molecule has 0 unspecified atom stereocenters. The summed E-state index contributed by atoms with van der Waals surface area (Å²) < 4.78 is 17.1. The third-order valence-electron chi connectivity index (χ3n) is 8.90. The van der Waals surface area contributed by atoms with E-state index in [0.29, 0.717) is 33.9 Å². The minimum absolute atomic E-state index is 0.0789. The van der Waals surface area contributed by atoms with Crippen LogP contribution in [0.1, 0.15) is 22.6 Å². The van der Waals surface area contributed by atoms with Gasteiger partial charge in [-0.15, -0.1) is 0 Å². The molecule has 212 valence electrons. The molecule has 4 atom stereocenters. The molecule has 43 heavy (non-hydrogen) atoms. The van der Waals surface area contributed by atoms with Crippen LogP contribution in [0.2, 0.25) is 0 Å². The van der Waals surface area contributed by atoms with Gasteiger partial charge < -0.3 is 14.2 Å². The number of nitro benzene ring substituents is 1. The van der Waals surface area contributed by atoms with Gasteiger partial charge in [0.25, 0.3) is 5.69 Å². The lowest BCUT2D eigenvalue weighted by Crippen LogP contribution is -2.42. The van der Waals surface area contributed by atoms with E-state index in [1.165, 1.54) is 18.2 Å². The Bertz CT molecular complexity index is 1980. The van der Waals surface area contributed by atoms with Crippen LogP contribution in [0.3, 0.4) is 0 Å². The maximum absolute atomic E-state index is 14.3. The molecular formula is C33H22N2O8. The number of hydrogen-bond donors (Lipinski definition) is 0. The van der Waals surface area contributed by atoms with Crippen LogP contribution in [0.5, 0.6) is 17.2 Å². The predicted octanol–water partition coefficient (Wildman–Crippen LogP) is 5.31. The van der Waals surface area contributed by atoms with Crippen LogP contribution in [0.25, 0.3) is 16.3 Å². The molecule has 1 aliphatic carbocycles. The number of hydrogen-bond acceptors (Lipinski definition) is 8. The van der Waals surface area contributed by atoms with Crippen LogP contribution >= 0.6 is 0 Å². The van der Waals surface area contributed by atoms with Crippen molar-refractivity contribution in [2.45, 2.75) is 12.8 Å². The summed E-state index contributed by atoms with van der Waals surface area (Å²) in [5, 5.41) is 13.0. The van der Waals surface area contributed by atoms with Crippen molar-refractivity contribution in [3.05, 3.63) is 106 Å². The van der Waals surface area contributed by atoms with E-state index in [1.54, 1.807) is 19.1 Å². The molecular weight excluding hydrogens is 552 g/mol. The molecule has 0 aromatic heterocycles. The van der Waals surface area contributed by atoms with Gasteiger partial charge >= 0.3 is 5.97 Å². The molecule has 2 amide bonds. The van der Waals surface area contributed by atoms with Crippen molar-refractivity contribution in [3.63, 3.8) is 0 Å². The molecule has 10 nitrogen and oxygen atoms in total. The number of carbonyl (C=O) groups excluding carboxylic acids is 3. The zero-order valence-corrected chi connectivity index (χ0v) is 22.7. The fourth-order valence-electron chi connectivity index (χ4n) is 6.98. The average molecular weight is 575 g/mol. The number of fused-ring (bicyclic) bond motifs is 8. The molecule has 3 aliphatic heterocycles. The van der Waals surface area contributed by atoms with E-state index in [-0.39, 0.29) is 18.2 Å². The second kappa shape index (κ2) is 8.99. The standard InChI is InChI=1S/C33H22N2O8/c1-16-12-19(35(39)40)8-10-24(16)34-31(36)27-22(18-7-11-25-26(13-18)42-15-41-25)14-23-21-9-6-17-4-2-3-5-20(17)30(21)43-33(38)28(23)29(27)32(34)37/h2-14,22,27-29H,15H2,1H3/t22-,27+,28-,29+/m1/s1. The van der Waals surface area contributed by atoms with Crippen molar-refractivity contribution in [1.29, 1.82) is 0 Å². The molecule has 4 aromatic rings. The zero-order valence-electron chi connectivity index (χ0n) is 22.7. The average Bonchev–Trinajstić information content (AvgIpc) is 3.58. The number of nitrogens with zero attached hydrogens (tertiary/aromatic N) is 2. The Morgan fingerprint density at radius 3 is 2.49 bits per heavy atom. The van der Waals surface area contributed by atoms with Gasteiger partial charge in [0, 0.05) is 29.0 Å². The van der Waals surface area contributed by atoms with Gasteiger partial charge in [-0.2, -0.15) is 0 Å². The number of allylic oxidation sites excluding steroid dienone is 1. The van der Waals surface area contributed by atoms with Crippen molar-refractivity contribution < 1.29 is 33.5 Å². The summed E-state index contributed by atoms with van der Waals surface area (Å²) >= 11 is 0. The van der Waals surface area contributed by atoms with Crippen LogP contribution in [-0.2, 0) is 14.4 Å². The second-order valence-electron chi connectivity index (χ2n) is 11.1. The van der Waals surface area contributed by atoms with Crippen LogP contribution in [0, 0.1) is 34.8 Å². The molecule has 10 heteroatoms. The Labute approximate surface area is 244 Å². The number of nitro groups is 1. The monoisotopic (exact) mass is 574 g/mol. The highest BCUT2D eigenvalue weighted by Crippen LogP contribution is 2.56. The first-order valence-corrected chi connectivity index (χ1v) is 13.8. The highest BCUT2D eigenvalue weighted by atomic mass is 16.7. The fourth-order valence-corrected chi connectivity index (χ4v) is 6.98. The zero-order chi connectivity index (χ0) is 29.6. The van der Waals surface area contributed by atoms with Gasteiger partial charge in [-0.3, -0.25) is 24.5 Å². The number of rotatable bonds is 3. The Balaban J connectivity index is 1.32. The topological polar surface area (TPSA) is 125 Å². The maximum Gasteiger partial charge on any atom is 0.319 e. The van der Waals surface area contributed by atoms with Crippen molar-refractivity contribution in [3.8, 4) is 17.2 Å². The van der Waals surface area contributed by atoms with Crippen LogP contribution in [0.15, 0.2) is 78.9 Å². The third kappa shape index (κ3) is 3.56. The van der Waals surface area contributed by atoms with Gasteiger partial charge in [-0.1, -0.05) is 48.5 Å². The van der Waals surface area contributed by atoms with Gasteiger partial charge in [-0.25, -0.2) is 4.90 Å². The summed E-state index contributed by atoms with van der Waals surface area (Å²) in [4.78, 5) is 54.3. The van der Waals surface area contributed by atoms with Crippen molar-refractivity contribution in [2.75, 3.05) is 11.7 Å². The van der Waals surface area contributed by atoms with Crippen LogP contribution in [0.4, 0.5) is 11.4 Å². The number of non-ortho nitro benzene ring substituents is 1. The van der Waals surface area contributed by atoms with Crippen LogP contribution < -0.4 is 19.1 Å². The Kier molecular flexibility index (Phi) is 5.27. The first kappa shape index (κ1) is 25.2. The molecule has 4 aromatic carbocycles. The molecule has 0 bridgehead atoms. The summed E-state index contributed by atoms with van der Waals surface area (Å²) in [5.41, 5.74) is 2.54. The smallest absolute Gasteiger partial charge is 0.319 e. The molecule has 0 N–H and O–H groups in total. The summed E-state index contributed by atoms with van der Waals surface area (Å²) in [6.45, 7) is 1.69. The summed E-state index contributed by atoms with van der Waals surface area (Å²) in [5.74, 6) is -3.67. The third-order valence-corrected chi connectivity index (χ3v) is 8.90. The van der Waals surface area contributed by atoms with Gasteiger partial charge in [0.1, 0.15) is 5.75 Å². The molecule has 0 radical (unpaired) electrons. The second-order valence-corrected chi connectivity index (χ2v) is 11.1. The lowest BCUT2D eigenvalue weighted by atomic mass is 9.64. The number of carbonyl (C=O) groups is 3. The number of esters is 1. The van der Waals surface area contributed by atoms with E-state index in [9.17, 15) is 24.5 Å². The highest BCUT2D eigenvalue weighted by molar-refractivity contribution is 6.25. The van der Waals surface area contributed by atoms with E-state index in [4.69, 9.17) is 14.2 Å². The number of imide groups is 1. The predicted molar refractivity (Wildman–Crippen MR) is 154 cm³/mol. The van der Waals surface area contributed by atoms with Gasteiger partial charge in [0.05, 0.1) is 28.4 Å². The van der Waals surface area contributed by atoms with Gasteiger partial charge in [0.15, 0.2) is 11.5 Å². The number of aryl methyl sites for hydroxylation is 1. The molecule has 0 saturated carbocycles. The first-order valence-electron chi connectivity index (χ1n) is 13.8. The lowest BCUT2D eigenvalue weighted by Gasteiger charge is -2.38. The van der Waals surface area contributed by atoms with Crippen molar-refractivity contribution in [1.82, 2.24) is 0 Å². The van der Waals surface area contributed by atoms with E-state index in [2.05, 4.69) is 0 Å². The maximum atomic E-state index is 14.3. The van der Waals surface area contributed by atoms with E-state index < -0.39 is 46.4 Å². The molecule has 8 rings (SSSR count). The Morgan fingerprint density at radius 1 is 0.884 bits per heavy atom. The minimum atomic E-state index is -1.05. The normalized spacial score (nSPS) is 23.4. The van der Waals surface area contributed by atoms with E-state index >= 15 is 0 Å². The lowest BCUT2D eigenvalue weighted by molar-refractivity contribution is -0.384. The van der Waals surface area contributed by atoms with E-state index in [0.717, 1.165) is 21.2 Å². The van der Waals surface area contributed by atoms with Gasteiger partial charge in [-0.05, 0) is 47.2 Å².